The summed E-state index contributed by atoms with van der Waals surface area (Å²) in [6, 6.07) is 14.9. The normalized spacial score (nSPS) is 21.6. The molecule has 2 unspecified atom stereocenters. The molecule has 0 aromatic heterocycles. The largest absolute Gasteiger partial charge is 0.497 e. The second-order valence-corrected chi connectivity index (χ2v) is 8.64. The number of rotatable bonds is 7. The Hall–Kier alpha value is -3.75. The number of aryl methyl sites for hydroxylation is 1. The average molecular weight is 464 g/mol. The summed E-state index contributed by atoms with van der Waals surface area (Å²) in [5.74, 6) is 1.88. The van der Waals surface area contributed by atoms with E-state index in [1.807, 2.05) is 46.2 Å². The molecule has 3 aliphatic heterocycles. The van der Waals surface area contributed by atoms with E-state index in [1.165, 1.54) is 10.5 Å². The van der Waals surface area contributed by atoms with Gasteiger partial charge in [-0.3, -0.25) is 9.69 Å². The summed E-state index contributed by atoms with van der Waals surface area (Å²) < 4.78 is 10.9. The van der Waals surface area contributed by atoms with Crippen LogP contribution in [0.25, 0.3) is 0 Å². The number of carbonyl (C=O) groups is 2. The van der Waals surface area contributed by atoms with Crippen LogP contribution >= 0.6 is 0 Å². The van der Waals surface area contributed by atoms with Gasteiger partial charge in [-0.05, 0) is 30.5 Å². The number of urea groups is 1. The van der Waals surface area contributed by atoms with E-state index in [9.17, 15) is 9.59 Å². The molecule has 2 aromatic carbocycles. The van der Waals surface area contributed by atoms with Gasteiger partial charge >= 0.3 is 6.03 Å². The molecular weight excluding hydrogens is 434 g/mol. The first-order valence-corrected chi connectivity index (χ1v) is 11.5. The average Bonchev–Trinajstić information content (AvgIpc) is 3.44. The highest BCUT2D eigenvalue weighted by Crippen LogP contribution is 2.38. The number of hydrogen-bond donors (Lipinski definition) is 0. The quantitative estimate of drug-likeness (QED) is 0.628. The lowest BCUT2D eigenvalue weighted by atomic mass is 10.1. The zero-order valence-corrected chi connectivity index (χ0v) is 19.7. The van der Waals surface area contributed by atoms with Crippen molar-refractivity contribution >= 4 is 23.6 Å². The highest BCUT2D eigenvalue weighted by atomic mass is 16.5. The Morgan fingerprint density at radius 3 is 2.56 bits per heavy atom. The van der Waals surface area contributed by atoms with Gasteiger partial charge in [0.1, 0.15) is 11.5 Å². The Balaban J connectivity index is 1.35. The third kappa shape index (κ3) is 3.61. The van der Waals surface area contributed by atoms with E-state index >= 15 is 0 Å². The number of benzene rings is 2. The van der Waals surface area contributed by atoms with Crippen LogP contribution in [0.15, 0.2) is 53.5 Å². The molecule has 5 rings (SSSR count). The molecule has 0 saturated carbocycles. The first kappa shape index (κ1) is 22.1. The lowest BCUT2D eigenvalue weighted by molar-refractivity contribution is -0.137. The fourth-order valence-electron chi connectivity index (χ4n) is 4.96. The van der Waals surface area contributed by atoms with Crippen LogP contribution in [0.2, 0.25) is 0 Å². The van der Waals surface area contributed by atoms with Crippen LogP contribution < -0.4 is 14.4 Å². The van der Waals surface area contributed by atoms with Crippen LogP contribution in [0, 0.1) is 0 Å². The number of amides is 3. The van der Waals surface area contributed by atoms with Gasteiger partial charge < -0.3 is 24.2 Å². The maximum atomic E-state index is 13.5. The molecule has 2 aromatic rings. The van der Waals surface area contributed by atoms with Gasteiger partial charge in [0.05, 0.1) is 19.9 Å². The van der Waals surface area contributed by atoms with Crippen LogP contribution in [-0.2, 0) is 11.2 Å². The fourth-order valence-corrected chi connectivity index (χ4v) is 4.96. The summed E-state index contributed by atoms with van der Waals surface area (Å²) in [6.07, 6.45) is 0.995. The van der Waals surface area contributed by atoms with Gasteiger partial charge in [0.15, 0.2) is 12.2 Å². The lowest BCUT2D eigenvalue weighted by Gasteiger charge is -2.40. The van der Waals surface area contributed by atoms with Gasteiger partial charge in [-0.15, -0.1) is 0 Å². The summed E-state index contributed by atoms with van der Waals surface area (Å²) in [5.41, 5.74) is 2.05. The number of methoxy groups -OCH3 is 2. The maximum absolute atomic E-state index is 13.5. The number of nitrogens with zero attached hydrogens (tertiary/aromatic N) is 5. The van der Waals surface area contributed by atoms with Crippen molar-refractivity contribution in [3.8, 4) is 11.5 Å². The predicted molar refractivity (Wildman–Crippen MR) is 128 cm³/mol. The molecule has 2 saturated heterocycles. The number of hydrogen-bond acceptors (Lipinski definition) is 7. The topological polar surface area (TPSA) is 77.9 Å². The molecule has 2 atom stereocenters. The fraction of sp³-hybridized carbons (Fsp3) is 0.400. The number of ether oxygens (including phenoxy) is 2. The van der Waals surface area contributed by atoms with Gasteiger partial charge in [0.25, 0.3) is 5.91 Å². The van der Waals surface area contributed by atoms with Crippen molar-refractivity contribution in [2.45, 2.75) is 25.0 Å². The van der Waals surface area contributed by atoms with Crippen LogP contribution in [0.5, 0.6) is 11.5 Å². The van der Waals surface area contributed by atoms with Crippen molar-refractivity contribution in [2.75, 3.05) is 45.8 Å². The van der Waals surface area contributed by atoms with Crippen molar-refractivity contribution in [1.29, 1.82) is 0 Å². The van der Waals surface area contributed by atoms with Crippen molar-refractivity contribution in [3.63, 3.8) is 0 Å². The van der Waals surface area contributed by atoms with Gasteiger partial charge in [0.2, 0.25) is 5.96 Å². The van der Waals surface area contributed by atoms with E-state index < -0.39 is 12.2 Å². The summed E-state index contributed by atoms with van der Waals surface area (Å²) in [4.78, 5) is 38.4. The van der Waals surface area contributed by atoms with Crippen molar-refractivity contribution in [1.82, 2.24) is 14.7 Å². The molecule has 0 aliphatic carbocycles. The van der Waals surface area contributed by atoms with E-state index in [0.717, 1.165) is 18.5 Å². The van der Waals surface area contributed by atoms with Gasteiger partial charge in [-0.25, -0.2) is 9.79 Å². The van der Waals surface area contributed by atoms with E-state index in [-0.39, 0.29) is 11.9 Å². The third-order valence-corrected chi connectivity index (χ3v) is 6.74. The lowest BCUT2D eigenvalue weighted by Crippen LogP contribution is -2.64. The summed E-state index contributed by atoms with van der Waals surface area (Å²) in [7, 11) is 4.95. The van der Waals surface area contributed by atoms with Crippen LogP contribution in [0.3, 0.4) is 0 Å². The summed E-state index contributed by atoms with van der Waals surface area (Å²) in [6.45, 7) is 1.70. The molecule has 9 heteroatoms. The molecule has 3 amide bonds. The Bertz CT molecular complexity index is 1120. The molecule has 0 N–H and O–H groups in total. The van der Waals surface area contributed by atoms with Crippen LogP contribution in [0.4, 0.5) is 10.5 Å². The highest BCUT2D eigenvalue weighted by Gasteiger charge is 2.54. The highest BCUT2D eigenvalue weighted by molar-refractivity contribution is 6.08. The molecule has 3 heterocycles. The Labute approximate surface area is 199 Å². The molecule has 0 spiro atoms. The number of aliphatic imine (C=N–C) groups is 1. The smallest absolute Gasteiger partial charge is 0.328 e. The number of fused-ring (bicyclic) bond motifs is 3. The second-order valence-electron chi connectivity index (χ2n) is 8.64. The standard InChI is InChI=1S/C25H29N5O4/c1-27-22-21(23(31)30(25(27)32)13-7-10-17-8-5-4-6-9-17)29-15-14-28(24(29)26-22)19-12-11-18(33-2)16-20(19)34-3/h4-6,8-9,11-12,16,21-22H,7,10,13-15H2,1-3H3. The summed E-state index contributed by atoms with van der Waals surface area (Å²) >= 11 is 0. The number of imide groups is 1. The molecule has 178 valence electrons. The van der Waals surface area contributed by atoms with Crippen molar-refractivity contribution in [2.24, 2.45) is 4.99 Å². The van der Waals surface area contributed by atoms with E-state index in [1.54, 1.807) is 26.2 Å². The monoisotopic (exact) mass is 463 g/mol. The molecule has 0 radical (unpaired) electrons. The Morgan fingerprint density at radius 2 is 1.82 bits per heavy atom. The SMILES string of the molecule is COc1ccc(N2CCN3C2=NC2C3C(=O)N(CCCc3ccccc3)C(=O)N2C)c(OC)c1. The van der Waals surface area contributed by atoms with E-state index in [2.05, 4.69) is 12.1 Å². The number of likely N-dealkylation sites (N-methyl/N-ethyl adjacent to an activating group) is 1. The van der Waals surface area contributed by atoms with E-state index in [4.69, 9.17) is 14.5 Å². The molecule has 9 nitrogen and oxygen atoms in total. The Morgan fingerprint density at radius 1 is 1.03 bits per heavy atom. The first-order valence-electron chi connectivity index (χ1n) is 11.5. The zero-order chi connectivity index (χ0) is 23.8. The minimum absolute atomic E-state index is 0.177. The van der Waals surface area contributed by atoms with Crippen molar-refractivity contribution < 1.29 is 19.1 Å². The van der Waals surface area contributed by atoms with Crippen molar-refractivity contribution in [3.05, 3.63) is 54.1 Å². The first-order chi connectivity index (χ1) is 16.5. The minimum Gasteiger partial charge on any atom is -0.497 e. The molecule has 34 heavy (non-hydrogen) atoms. The number of carbonyl (C=O) groups excluding carboxylic acids is 2. The van der Waals surface area contributed by atoms with Gasteiger partial charge in [-0.1, -0.05) is 30.3 Å². The number of guanidine groups is 1. The molecular formula is C25H29N5O4. The molecule has 3 aliphatic rings. The molecule has 2 fully saturated rings. The summed E-state index contributed by atoms with van der Waals surface area (Å²) in [5, 5.41) is 0. The van der Waals surface area contributed by atoms with Gasteiger partial charge in [0, 0.05) is 32.7 Å². The third-order valence-electron chi connectivity index (χ3n) is 6.74. The Kier molecular flexibility index (Phi) is 5.77. The zero-order valence-electron chi connectivity index (χ0n) is 19.7. The minimum atomic E-state index is -0.535. The predicted octanol–water partition coefficient (Wildman–Crippen LogP) is 2.42. The number of anilines is 1. The van der Waals surface area contributed by atoms with Crippen LogP contribution in [-0.4, -0.2) is 85.7 Å². The second kappa shape index (κ2) is 8.89. The van der Waals surface area contributed by atoms with Gasteiger partial charge in [-0.2, -0.15) is 0 Å². The van der Waals surface area contributed by atoms with E-state index in [0.29, 0.717) is 37.1 Å². The van der Waals surface area contributed by atoms with Crippen LogP contribution in [0.1, 0.15) is 12.0 Å². The molecule has 0 bridgehead atoms. The maximum Gasteiger partial charge on any atom is 0.328 e.